The molecule has 38 heavy (non-hydrogen) atoms. The second-order valence-corrected chi connectivity index (χ2v) is 11.5. The third kappa shape index (κ3) is 5.80. The van der Waals surface area contributed by atoms with E-state index >= 15 is 0 Å². The van der Waals surface area contributed by atoms with Crippen LogP contribution in [-0.4, -0.2) is 33.1 Å². The van der Waals surface area contributed by atoms with Crippen LogP contribution in [0.4, 0.5) is 5.69 Å². The van der Waals surface area contributed by atoms with Gasteiger partial charge in [0.15, 0.2) is 0 Å². The van der Waals surface area contributed by atoms with Gasteiger partial charge >= 0.3 is 0 Å². The molecule has 0 spiro atoms. The van der Waals surface area contributed by atoms with Crippen LogP contribution in [0.3, 0.4) is 0 Å². The number of hydrogen-bond acceptors (Lipinski definition) is 5. The van der Waals surface area contributed by atoms with Gasteiger partial charge in [0.2, 0.25) is 5.91 Å². The molecule has 7 nitrogen and oxygen atoms in total. The zero-order chi connectivity index (χ0) is 27.3. The normalized spacial score (nSPS) is 16.2. The summed E-state index contributed by atoms with van der Waals surface area (Å²) in [5.74, 6) is 0.952. The van der Waals surface area contributed by atoms with E-state index in [4.69, 9.17) is 9.47 Å². The molecule has 3 aromatic carbocycles. The summed E-state index contributed by atoms with van der Waals surface area (Å²) in [5, 5.41) is 3.11. The molecule has 1 atom stereocenters. The van der Waals surface area contributed by atoms with E-state index in [0.717, 1.165) is 34.0 Å². The van der Waals surface area contributed by atoms with Crippen molar-refractivity contribution in [2.45, 2.75) is 63.5 Å². The Hall–Kier alpha value is -3.52. The van der Waals surface area contributed by atoms with Crippen molar-refractivity contribution >= 4 is 21.6 Å². The van der Waals surface area contributed by atoms with Gasteiger partial charge in [0, 0.05) is 12.0 Å². The fourth-order valence-corrected chi connectivity index (χ4v) is 6.25. The average molecular weight is 537 g/mol. The van der Waals surface area contributed by atoms with Crippen LogP contribution in [0.1, 0.15) is 57.2 Å². The van der Waals surface area contributed by atoms with Crippen molar-refractivity contribution < 1.29 is 22.7 Å². The summed E-state index contributed by atoms with van der Waals surface area (Å²) in [4.78, 5) is 13.6. The second kappa shape index (κ2) is 11.5. The SMILES string of the molecule is CCOc1ccc(S(=O)(=O)N(CC(=O)N[C@@H]2CC(CC)(CC)Oc3ccccc32)c2ccc(C)cc2)cc1. The van der Waals surface area contributed by atoms with E-state index in [1.165, 1.54) is 12.1 Å². The molecule has 3 aromatic rings. The number of aryl methyl sites for hydroxylation is 1. The summed E-state index contributed by atoms with van der Waals surface area (Å²) in [6.07, 6.45) is 2.20. The van der Waals surface area contributed by atoms with E-state index in [2.05, 4.69) is 19.2 Å². The minimum atomic E-state index is -4.03. The summed E-state index contributed by atoms with van der Waals surface area (Å²) in [5.41, 5.74) is 1.92. The number of sulfonamides is 1. The highest BCUT2D eigenvalue weighted by atomic mass is 32.2. The molecule has 1 heterocycles. The van der Waals surface area contributed by atoms with Crippen molar-refractivity contribution in [2.75, 3.05) is 17.5 Å². The summed E-state index contributed by atoms with van der Waals surface area (Å²) in [6, 6.07) is 20.8. The summed E-state index contributed by atoms with van der Waals surface area (Å²) >= 11 is 0. The number of nitrogens with zero attached hydrogens (tertiary/aromatic N) is 1. The maximum Gasteiger partial charge on any atom is 0.264 e. The molecule has 202 valence electrons. The molecule has 1 aliphatic heterocycles. The first kappa shape index (κ1) is 27.5. The number of fused-ring (bicyclic) bond motifs is 1. The van der Waals surface area contributed by atoms with E-state index in [9.17, 15) is 13.2 Å². The highest BCUT2D eigenvalue weighted by Gasteiger charge is 2.39. The number of ether oxygens (including phenoxy) is 2. The van der Waals surface area contributed by atoms with Crippen molar-refractivity contribution in [1.82, 2.24) is 5.32 Å². The van der Waals surface area contributed by atoms with Crippen molar-refractivity contribution in [3.63, 3.8) is 0 Å². The van der Waals surface area contributed by atoms with Crippen LogP contribution >= 0.6 is 0 Å². The van der Waals surface area contributed by atoms with E-state index < -0.39 is 15.6 Å². The third-order valence-corrected chi connectivity index (χ3v) is 8.94. The molecular formula is C30H36N2O5S. The third-order valence-electron chi connectivity index (χ3n) is 7.15. The fraction of sp³-hybridized carbons (Fsp3) is 0.367. The van der Waals surface area contributed by atoms with Crippen LogP contribution in [0, 0.1) is 6.92 Å². The Morgan fingerprint density at radius 2 is 1.66 bits per heavy atom. The molecule has 0 radical (unpaired) electrons. The minimum Gasteiger partial charge on any atom is -0.494 e. The topological polar surface area (TPSA) is 84.9 Å². The molecule has 0 saturated carbocycles. The summed E-state index contributed by atoms with van der Waals surface area (Å²) in [7, 11) is -4.03. The first-order chi connectivity index (χ1) is 18.2. The first-order valence-electron chi connectivity index (χ1n) is 13.1. The molecule has 0 bridgehead atoms. The van der Waals surface area contributed by atoms with Crippen molar-refractivity contribution in [1.29, 1.82) is 0 Å². The number of hydrogen-bond donors (Lipinski definition) is 1. The number of carbonyl (C=O) groups is 1. The number of carbonyl (C=O) groups excluding carboxylic acids is 1. The highest BCUT2D eigenvalue weighted by Crippen LogP contribution is 2.42. The molecule has 1 amide bonds. The van der Waals surface area contributed by atoms with E-state index in [1.54, 1.807) is 24.3 Å². The molecule has 0 aromatic heterocycles. The van der Waals surface area contributed by atoms with Gasteiger partial charge in [0.25, 0.3) is 10.0 Å². The zero-order valence-corrected chi connectivity index (χ0v) is 23.3. The predicted octanol–water partition coefficient (Wildman–Crippen LogP) is 5.79. The van der Waals surface area contributed by atoms with Gasteiger partial charge in [-0.05, 0) is 69.2 Å². The molecule has 0 unspecified atom stereocenters. The largest absolute Gasteiger partial charge is 0.494 e. The first-order valence-corrected chi connectivity index (χ1v) is 14.5. The van der Waals surface area contributed by atoms with Crippen LogP contribution in [0.25, 0.3) is 0 Å². The Morgan fingerprint density at radius 3 is 2.29 bits per heavy atom. The highest BCUT2D eigenvalue weighted by molar-refractivity contribution is 7.92. The Morgan fingerprint density at radius 1 is 1.00 bits per heavy atom. The standard InChI is InChI=1S/C30H36N2O5S/c1-5-30(6-2)20-27(26-10-8-9-11-28(26)37-30)31-29(33)21-32(23-14-12-22(4)13-15-23)38(34,35)25-18-16-24(17-19-25)36-7-3/h8-19,27H,5-7,20-21H2,1-4H3,(H,31,33)/t27-/m1/s1. The van der Waals surface area contributed by atoms with Crippen LogP contribution in [-0.2, 0) is 14.8 Å². The number of nitrogens with one attached hydrogen (secondary N) is 1. The Balaban J connectivity index is 1.64. The van der Waals surface area contributed by atoms with Gasteiger partial charge in [0.1, 0.15) is 23.6 Å². The minimum absolute atomic E-state index is 0.0849. The van der Waals surface area contributed by atoms with Crippen LogP contribution < -0.4 is 19.1 Å². The smallest absolute Gasteiger partial charge is 0.264 e. The molecule has 8 heteroatoms. The second-order valence-electron chi connectivity index (χ2n) is 9.61. The number of amides is 1. The number of rotatable bonds is 10. The molecule has 1 aliphatic rings. The summed E-state index contributed by atoms with van der Waals surface area (Å²) < 4.78 is 40.6. The molecule has 0 fully saturated rings. The van der Waals surface area contributed by atoms with E-state index in [-0.39, 0.29) is 23.4 Å². The van der Waals surface area contributed by atoms with Gasteiger partial charge in [0.05, 0.1) is 23.2 Å². The van der Waals surface area contributed by atoms with Gasteiger partial charge < -0.3 is 14.8 Å². The molecule has 1 N–H and O–H groups in total. The van der Waals surface area contributed by atoms with Crippen LogP contribution in [0.15, 0.2) is 77.7 Å². The Bertz CT molecular complexity index is 1350. The molecular weight excluding hydrogens is 500 g/mol. The Labute approximate surface area is 225 Å². The van der Waals surface area contributed by atoms with Crippen molar-refractivity contribution in [2.24, 2.45) is 0 Å². The van der Waals surface area contributed by atoms with E-state index in [1.807, 2.05) is 50.2 Å². The lowest BCUT2D eigenvalue weighted by Crippen LogP contribution is -2.47. The maximum absolute atomic E-state index is 13.8. The summed E-state index contributed by atoms with van der Waals surface area (Å²) in [6.45, 7) is 8.08. The molecule has 4 rings (SSSR count). The lowest BCUT2D eigenvalue weighted by molar-refractivity contribution is -0.121. The van der Waals surface area contributed by atoms with Gasteiger partial charge in [-0.1, -0.05) is 49.7 Å². The number of anilines is 1. The maximum atomic E-state index is 13.8. The van der Waals surface area contributed by atoms with Gasteiger partial charge in [-0.2, -0.15) is 0 Å². The van der Waals surface area contributed by atoms with Gasteiger partial charge in [-0.15, -0.1) is 0 Å². The van der Waals surface area contributed by atoms with Crippen LogP contribution in [0.5, 0.6) is 11.5 Å². The predicted molar refractivity (Wildman–Crippen MR) is 149 cm³/mol. The molecule has 0 saturated heterocycles. The van der Waals surface area contributed by atoms with E-state index in [0.29, 0.717) is 24.5 Å². The van der Waals surface area contributed by atoms with Crippen molar-refractivity contribution in [3.8, 4) is 11.5 Å². The molecule has 0 aliphatic carbocycles. The zero-order valence-electron chi connectivity index (χ0n) is 22.4. The van der Waals surface area contributed by atoms with Crippen LogP contribution in [0.2, 0.25) is 0 Å². The lowest BCUT2D eigenvalue weighted by atomic mass is 9.83. The van der Waals surface area contributed by atoms with Crippen molar-refractivity contribution in [3.05, 3.63) is 83.9 Å². The van der Waals surface area contributed by atoms with Gasteiger partial charge in [-0.3, -0.25) is 9.10 Å². The number of benzene rings is 3. The monoisotopic (exact) mass is 536 g/mol. The lowest BCUT2D eigenvalue weighted by Gasteiger charge is -2.41. The Kier molecular flexibility index (Phi) is 8.31. The fourth-order valence-electron chi connectivity index (χ4n) is 4.83. The quantitative estimate of drug-likeness (QED) is 0.355. The average Bonchev–Trinajstić information content (AvgIpc) is 2.92. The number of para-hydroxylation sites is 1. The van der Waals surface area contributed by atoms with Gasteiger partial charge in [-0.25, -0.2) is 8.42 Å².